The van der Waals surface area contributed by atoms with Gasteiger partial charge in [-0.1, -0.05) is 0 Å². The Morgan fingerprint density at radius 2 is 2.26 bits per heavy atom. The fourth-order valence-corrected chi connectivity index (χ4v) is 3.24. The van der Waals surface area contributed by atoms with E-state index in [-0.39, 0.29) is 29.5 Å². The van der Waals surface area contributed by atoms with Crippen LogP contribution in [0.2, 0.25) is 0 Å². The number of ether oxygens (including phenoxy) is 3. The molecule has 0 bridgehead atoms. The van der Waals surface area contributed by atoms with Crippen LogP contribution in [0.5, 0.6) is 0 Å². The van der Waals surface area contributed by atoms with Gasteiger partial charge in [0.25, 0.3) is 0 Å². The van der Waals surface area contributed by atoms with Crippen molar-refractivity contribution in [1.82, 2.24) is 0 Å². The summed E-state index contributed by atoms with van der Waals surface area (Å²) in [6.07, 6.45) is 4.84. The van der Waals surface area contributed by atoms with Gasteiger partial charge in [-0.05, 0) is 44.8 Å². The van der Waals surface area contributed by atoms with Crippen molar-refractivity contribution in [2.75, 3.05) is 19.8 Å². The van der Waals surface area contributed by atoms with Crippen LogP contribution in [0, 0.1) is 11.8 Å². The second-order valence-corrected chi connectivity index (χ2v) is 6.17. The number of hydrogen-bond donors (Lipinski definition) is 0. The molecule has 0 radical (unpaired) electrons. The van der Waals surface area contributed by atoms with Gasteiger partial charge in [0, 0.05) is 12.5 Å². The molecule has 106 valence electrons. The summed E-state index contributed by atoms with van der Waals surface area (Å²) in [5.41, 5.74) is 0.840. The topological polar surface area (TPSA) is 44.8 Å². The van der Waals surface area contributed by atoms with E-state index in [9.17, 15) is 4.79 Å². The lowest BCUT2D eigenvalue weighted by Crippen LogP contribution is -2.29. The van der Waals surface area contributed by atoms with Gasteiger partial charge in [-0.2, -0.15) is 0 Å². The monoisotopic (exact) mass is 266 g/mol. The Bertz CT molecular complexity index is 393. The Morgan fingerprint density at radius 1 is 1.42 bits per heavy atom. The highest BCUT2D eigenvalue weighted by Gasteiger charge is 2.48. The van der Waals surface area contributed by atoms with E-state index in [0.29, 0.717) is 13.2 Å². The number of ketones is 1. The number of carbonyl (C=O) groups excluding carboxylic acids is 1. The minimum Gasteiger partial charge on any atom is -0.371 e. The zero-order valence-electron chi connectivity index (χ0n) is 11.7. The molecule has 2 saturated heterocycles. The lowest BCUT2D eigenvalue weighted by atomic mass is 9.87. The standard InChI is InChI=1S/C15H22O4/c1-15(2)12-7-13(16)11(10(12)9-19-15)8-18-14-5-3-4-6-17-14/h7,10-11,14H,3-6,8-9H2,1-2H3/t10-,11-,14?/m0/s1. The van der Waals surface area contributed by atoms with Crippen molar-refractivity contribution < 1.29 is 19.0 Å². The average Bonchev–Trinajstić information content (AvgIpc) is 2.86. The molecule has 3 rings (SSSR count). The van der Waals surface area contributed by atoms with Crippen LogP contribution in [0.1, 0.15) is 33.1 Å². The first-order valence-corrected chi connectivity index (χ1v) is 7.21. The van der Waals surface area contributed by atoms with Crippen LogP contribution in [0.25, 0.3) is 0 Å². The van der Waals surface area contributed by atoms with Gasteiger partial charge in [-0.3, -0.25) is 4.79 Å². The van der Waals surface area contributed by atoms with Crippen LogP contribution in [0.3, 0.4) is 0 Å². The van der Waals surface area contributed by atoms with Gasteiger partial charge < -0.3 is 14.2 Å². The Hall–Kier alpha value is -0.710. The zero-order chi connectivity index (χ0) is 13.5. The Morgan fingerprint density at radius 3 is 3.00 bits per heavy atom. The molecular weight excluding hydrogens is 244 g/mol. The first-order chi connectivity index (χ1) is 9.08. The van der Waals surface area contributed by atoms with Crippen molar-refractivity contribution in [2.45, 2.75) is 45.0 Å². The molecule has 4 heteroatoms. The molecule has 1 unspecified atom stereocenters. The van der Waals surface area contributed by atoms with E-state index >= 15 is 0 Å². The SMILES string of the molecule is CC1(C)OC[C@@H]2C1=CC(=O)[C@H]2COC1CCCCO1. The summed E-state index contributed by atoms with van der Waals surface area (Å²) in [7, 11) is 0. The molecule has 0 aromatic heterocycles. The Labute approximate surface area is 114 Å². The largest absolute Gasteiger partial charge is 0.371 e. The summed E-state index contributed by atoms with van der Waals surface area (Å²) in [5.74, 6) is 0.306. The second-order valence-electron chi connectivity index (χ2n) is 6.17. The van der Waals surface area contributed by atoms with Gasteiger partial charge in [0.1, 0.15) is 0 Å². The van der Waals surface area contributed by atoms with Gasteiger partial charge in [0.15, 0.2) is 12.1 Å². The predicted octanol–water partition coefficient (Wildman–Crippen LogP) is 2.08. The molecule has 0 aromatic rings. The number of hydrogen-bond acceptors (Lipinski definition) is 4. The van der Waals surface area contributed by atoms with E-state index in [1.54, 1.807) is 6.08 Å². The third kappa shape index (κ3) is 2.49. The van der Waals surface area contributed by atoms with Gasteiger partial charge in [-0.25, -0.2) is 0 Å². The molecule has 0 N–H and O–H groups in total. The zero-order valence-corrected chi connectivity index (χ0v) is 11.7. The first kappa shape index (κ1) is 13.3. The molecule has 0 amide bonds. The van der Waals surface area contributed by atoms with Crippen molar-refractivity contribution in [3.8, 4) is 0 Å². The number of carbonyl (C=O) groups is 1. The minimum atomic E-state index is -0.295. The minimum absolute atomic E-state index is 0.0812. The van der Waals surface area contributed by atoms with Crippen molar-refractivity contribution in [2.24, 2.45) is 11.8 Å². The summed E-state index contributed by atoms with van der Waals surface area (Å²) in [4.78, 5) is 12.1. The molecule has 4 nitrogen and oxygen atoms in total. The number of rotatable bonds is 3. The van der Waals surface area contributed by atoms with Crippen LogP contribution >= 0.6 is 0 Å². The van der Waals surface area contributed by atoms with E-state index in [1.807, 2.05) is 13.8 Å². The molecule has 19 heavy (non-hydrogen) atoms. The van der Waals surface area contributed by atoms with Crippen LogP contribution in [-0.2, 0) is 19.0 Å². The van der Waals surface area contributed by atoms with E-state index in [1.165, 1.54) is 0 Å². The summed E-state index contributed by atoms with van der Waals surface area (Å²) >= 11 is 0. The highest BCUT2D eigenvalue weighted by atomic mass is 16.7. The summed E-state index contributed by atoms with van der Waals surface area (Å²) in [5, 5.41) is 0. The van der Waals surface area contributed by atoms with Gasteiger partial charge in [0.05, 0.1) is 24.7 Å². The maximum atomic E-state index is 12.1. The van der Waals surface area contributed by atoms with E-state index in [0.717, 1.165) is 31.4 Å². The molecule has 0 saturated carbocycles. The number of allylic oxidation sites excluding steroid dienone is 1. The third-order valence-corrected chi connectivity index (χ3v) is 4.47. The second kappa shape index (κ2) is 5.00. The van der Waals surface area contributed by atoms with E-state index in [4.69, 9.17) is 14.2 Å². The fraction of sp³-hybridized carbons (Fsp3) is 0.800. The Kier molecular flexibility index (Phi) is 3.50. The molecule has 0 spiro atoms. The lowest BCUT2D eigenvalue weighted by Gasteiger charge is -2.25. The first-order valence-electron chi connectivity index (χ1n) is 7.21. The summed E-state index contributed by atoms with van der Waals surface area (Å²) in [6, 6.07) is 0. The Balaban J connectivity index is 1.59. The quantitative estimate of drug-likeness (QED) is 0.784. The third-order valence-electron chi connectivity index (χ3n) is 4.47. The lowest BCUT2D eigenvalue weighted by molar-refractivity contribution is -0.172. The highest BCUT2D eigenvalue weighted by Crippen LogP contribution is 2.44. The van der Waals surface area contributed by atoms with Gasteiger partial charge in [0.2, 0.25) is 0 Å². The molecule has 2 aliphatic heterocycles. The fourth-order valence-electron chi connectivity index (χ4n) is 3.24. The molecule has 1 aliphatic carbocycles. The average molecular weight is 266 g/mol. The van der Waals surface area contributed by atoms with Crippen molar-refractivity contribution in [3.63, 3.8) is 0 Å². The smallest absolute Gasteiger partial charge is 0.161 e. The van der Waals surface area contributed by atoms with Gasteiger partial charge in [-0.15, -0.1) is 0 Å². The maximum absolute atomic E-state index is 12.1. The normalized spacial score (nSPS) is 37.3. The summed E-state index contributed by atoms with van der Waals surface area (Å²) < 4.78 is 17.1. The maximum Gasteiger partial charge on any atom is 0.161 e. The van der Waals surface area contributed by atoms with Crippen LogP contribution in [0.4, 0.5) is 0 Å². The van der Waals surface area contributed by atoms with Crippen molar-refractivity contribution in [1.29, 1.82) is 0 Å². The molecule has 0 aromatic carbocycles. The summed E-state index contributed by atoms with van der Waals surface area (Å²) in [6.45, 7) is 5.91. The van der Waals surface area contributed by atoms with E-state index < -0.39 is 0 Å². The molecule has 3 aliphatic rings. The number of fused-ring (bicyclic) bond motifs is 1. The van der Waals surface area contributed by atoms with E-state index in [2.05, 4.69) is 0 Å². The molecule has 2 heterocycles. The predicted molar refractivity (Wildman–Crippen MR) is 69.6 cm³/mol. The van der Waals surface area contributed by atoms with Crippen molar-refractivity contribution in [3.05, 3.63) is 11.6 Å². The van der Waals surface area contributed by atoms with Crippen LogP contribution in [0.15, 0.2) is 11.6 Å². The molecular formula is C15H22O4. The molecule has 3 atom stereocenters. The van der Waals surface area contributed by atoms with Gasteiger partial charge >= 0.3 is 0 Å². The van der Waals surface area contributed by atoms with Crippen LogP contribution < -0.4 is 0 Å². The highest BCUT2D eigenvalue weighted by molar-refractivity contribution is 5.96. The van der Waals surface area contributed by atoms with Crippen LogP contribution in [-0.4, -0.2) is 37.5 Å². The van der Waals surface area contributed by atoms with Crippen molar-refractivity contribution >= 4 is 5.78 Å². The molecule has 2 fully saturated rings.